The fraction of sp³-hybridized carbons (Fsp3) is 0.121. The third-order valence-corrected chi connectivity index (χ3v) is 7.03. The molecule has 0 aliphatic heterocycles. The van der Waals surface area contributed by atoms with Crippen molar-refractivity contribution < 1.29 is 14.4 Å². The topological polar surface area (TPSA) is 88.2 Å². The first-order chi connectivity index (χ1) is 19.0. The summed E-state index contributed by atoms with van der Waals surface area (Å²) in [4.78, 5) is 16.8. The molecule has 0 radical (unpaired) electrons. The van der Waals surface area contributed by atoms with Gasteiger partial charge in [-0.15, -0.1) is 0 Å². The zero-order chi connectivity index (χ0) is 26.8. The van der Waals surface area contributed by atoms with E-state index in [1.807, 2.05) is 104 Å². The van der Waals surface area contributed by atoms with Crippen molar-refractivity contribution in [3.05, 3.63) is 120 Å². The van der Waals surface area contributed by atoms with E-state index in [-0.39, 0.29) is 0 Å². The normalized spacial score (nSPS) is 13.3. The first-order valence-corrected chi connectivity index (χ1v) is 12.7. The molecule has 0 bridgehead atoms. The van der Waals surface area contributed by atoms with Crippen LogP contribution in [-0.4, -0.2) is 21.2 Å². The average molecular weight is 512 g/mol. The van der Waals surface area contributed by atoms with Crippen LogP contribution in [0.25, 0.3) is 22.5 Å². The molecule has 2 N–H and O–H groups in total. The Bertz CT molecular complexity index is 1730. The van der Waals surface area contributed by atoms with Crippen LogP contribution in [0, 0.1) is 18.8 Å². The fourth-order valence-electron chi connectivity index (χ4n) is 4.71. The van der Waals surface area contributed by atoms with E-state index in [1.165, 1.54) is 0 Å². The summed E-state index contributed by atoms with van der Waals surface area (Å²) in [6, 6.07) is 31.2. The number of anilines is 2. The number of nitrogens with one attached hydrogen (secondary N) is 1. The second-order valence-corrected chi connectivity index (χ2v) is 9.63. The number of rotatable bonds is 6. The maximum Gasteiger partial charge on any atom is 0.314 e. The van der Waals surface area contributed by atoms with E-state index in [4.69, 9.17) is 4.52 Å². The molecule has 2 aromatic heterocycles. The molecule has 1 fully saturated rings. The molecule has 6 nitrogen and oxygen atoms in total. The minimum Gasteiger partial charge on any atom is -0.481 e. The molecule has 39 heavy (non-hydrogen) atoms. The lowest BCUT2D eigenvalue weighted by atomic mass is 9.89. The van der Waals surface area contributed by atoms with Gasteiger partial charge in [0.15, 0.2) is 5.76 Å². The summed E-state index contributed by atoms with van der Waals surface area (Å²) in [7, 11) is 0. The molecule has 1 aliphatic rings. The SMILES string of the molecule is Cc1noc(-c2cc(C3(C(=O)O)CC3)ccc2-c2ccccc2)c1Nc1cccc(C#Cc2ccccc2)n1. The second-order valence-electron chi connectivity index (χ2n) is 9.63. The van der Waals surface area contributed by atoms with E-state index in [2.05, 4.69) is 27.3 Å². The number of carboxylic acids is 1. The van der Waals surface area contributed by atoms with E-state index in [0.717, 1.165) is 27.8 Å². The highest BCUT2D eigenvalue weighted by atomic mass is 16.5. The number of hydrogen-bond donors (Lipinski definition) is 2. The van der Waals surface area contributed by atoms with Gasteiger partial charge in [-0.3, -0.25) is 4.79 Å². The number of carboxylic acid groups (broad SMARTS) is 1. The monoisotopic (exact) mass is 511 g/mol. The minimum atomic E-state index is -0.847. The maximum atomic E-state index is 12.1. The molecule has 6 heteroatoms. The van der Waals surface area contributed by atoms with Gasteiger partial charge in [0.2, 0.25) is 0 Å². The highest BCUT2D eigenvalue weighted by Crippen LogP contribution is 2.50. The first-order valence-electron chi connectivity index (χ1n) is 12.7. The smallest absolute Gasteiger partial charge is 0.314 e. The van der Waals surface area contributed by atoms with Gasteiger partial charge < -0.3 is 14.9 Å². The lowest BCUT2D eigenvalue weighted by Gasteiger charge is -2.16. The highest BCUT2D eigenvalue weighted by molar-refractivity contribution is 5.91. The molecule has 1 saturated carbocycles. The lowest BCUT2D eigenvalue weighted by Crippen LogP contribution is -2.19. The number of benzene rings is 3. The predicted octanol–water partition coefficient (Wildman–Crippen LogP) is 6.97. The summed E-state index contributed by atoms with van der Waals surface area (Å²) in [6.45, 7) is 1.86. The van der Waals surface area contributed by atoms with Gasteiger partial charge in [-0.1, -0.05) is 77.8 Å². The van der Waals surface area contributed by atoms with Crippen molar-refractivity contribution in [3.63, 3.8) is 0 Å². The van der Waals surface area contributed by atoms with Gasteiger partial charge in [-0.25, -0.2) is 4.98 Å². The summed E-state index contributed by atoms with van der Waals surface area (Å²) in [5.74, 6) is 6.58. The molecule has 0 atom stereocenters. The molecule has 0 unspecified atom stereocenters. The van der Waals surface area contributed by atoms with Gasteiger partial charge in [-0.2, -0.15) is 0 Å². The number of nitrogens with zero attached hydrogens (tertiary/aromatic N) is 2. The quantitative estimate of drug-likeness (QED) is 0.239. The Morgan fingerprint density at radius 2 is 1.64 bits per heavy atom. The summed E-state index contributed by atoms with van der Waals surface area (Å²) in [5, 5.41) is 17.6. The van der Waals surface area contributed by atoms with Crippen LogP contribution < -0.4 is 5.32 Å². The van der Waals surface area contributed by atoms with Crippen molar-refractivity contribution in [1.29, 1.82) is 0 Å². The van der Waals surface area contributed by atoms with Crippen molar-refractivity contribution in [2.24, 2.45) is 0 Å². The van der Waals surface area contributed by atoms with Crippen LogP contribution in [0.3, 0.4) is 0 Å². The van der Waals surface area contributed by atoms with Crippen LogP contribution >= 0.6 is 0 Å². The zero-order valence-corrected chi connectivity index (χ0v) is 21.3. The Morgan fingerprint density at radius 1 is 0.897 bits per heavy atom. The Balaban J connectivity index is 1.41. The number of aliphatic carboxylic acids is 1. The second kappa shape index (κ2) is 9.96. The molecule has 0 amide bonds. The maximum absolute atomic E-state index is 12.1. The van der Waals surface area contributed by atoms with Crippen LogP contribution in [0.15, 0.2) is 102 Å². The van der Waals surface area contributed by atoms with Gasteiger partial charge >= 0.3 is 5.97 Å². The highest BCUT2D eigenvalue weighted by Gasteiger charge is 2.52. The van der Waals surface area contributed by atoms with Crippen LogP contribution in [0.2, 0.25) is 0 Å². The molecule has 1 aliphatic carbocycles. The standard InChI is InChI=1S/C33H25N3O3/c1-22-30(35-29-14-8-13-26(34-29)17-15-23-9-4-2-5-10-23)31(39-36-22)28-21-25(33(19-20-33)32(37)38)16-18-27(28)24-11-6-3-7-12-24/h2-14,16,18,21H,19-20H2,1H3,(H,34,35)(H,37,38). The summed E-state index contributed by atoms with van der Waals surface area (Å²) >= 11 is 0. The van der Waals surface area contributed by atoms with Crippen LogP contribution in [0.4, 0.5) is 11.5 Å². The van der Waals surface area contributed by atoms with Crippen molar-refractivity contribution >= 4 is 17.5 Å². The van der Waals surface area contributed by atoms with E-state index >= 15 is 0 Å². The average Bonchev–Trinajstić information content (AvgIpc) is 3.72. The zero-order valence-electron chi connectivity index (χ0n) is 21.3. The minimum absolute atomic E-state index is 0.525. The van der Waals surface area contributed by atoms with Gasteiger partial charge in [0.1, 0.15) is 22.9 Å². The molecule has 5 aromatic rings. The van der Waals surface area contributed by atoms with Gasteiger partial charge in [0.25, 0.3) is 0 Å². The Labute approximate surface area is 226 Å². The summed E-state index contributed by atoms with van der Waals surface area (Å²) in [6.07, 6.45) is 1.24. The van der Waals surface area contributed by atoms with Gasteiger partial charge in [-0.05, 0) is 72.7 Å². The molecule has 0 spiro atoms. The number of pyridine rings is 1. The van der Waals surface area contributed by atoms with Crippen molar-refractivity contribution in [3.8, 4) is 34.3 Å². The van der Waals surface area contributed by atoms with Crippen LogP contribution in [0.5, 0.6) is 0 Å². The summed E-state index contributed by atoms with van der Waals surface area (Å²) in [5.41, 5.74) is 5.49. The predicted molar refractivity (Wildman–Crippen MR) is 151 cm³/mol. The Hall–Kier alpha value is -5.15. The van der Waals surface area contributed by atoms with E-state index in [9.17, 15) is 9.90 Å². The molecule has 190 valence electrons. The third-order valence-electron chi connectivity index (χ3n) is 7.03. The van der Waals surface area contributed by atoms with Crippen molar-refractivity contribution in [1.82, 2.24) is 10.1 Å². The van der Waals surface area contributed by atoms with Crippen molar-refractivity contribution in [2.45, 2.75) is 25.2 Å². The fourth-order valence-corrected chi connectivity index (χ4v) is 4.71. The number of aryl methyl sites for hydroxylation is 1. The molecule has 2 heterocycles. The third kappa shape index (κ3) is 4.78. The number of aromatic nitrogens is 2. The van der Waals surface area contributed by atoms with Crippen molar-refractivity contribution in [2.75, 3.05) is 5.32 Å². The van der Waals surface area contributed by atoms with Crippen LogP contribution in [0.1, 0.15) is 35.4 Å². The van der Waals surface area contributed by atoms with Gasteiger partial charge in [0.05, 0.1) is 5.41 Å². The lowest BCUT2D eigenvalue weighted by molar-refractivity contribution is -0.140. The first kappa shape index (κ1) is 24.2. The Kier molecular flexibility index (Phi) is 6.18. The molecular weight excluding hydrogens is 486 g/mol. The number of hydrogen-bond acceptors (Lipinski definition) is 5. The Morgan fingerprint density at radius 3 is 2.36 bits per heavy atom. The van der Waals surface area contributed by atoms with Crippen LogP contribution in [-0.2, 0) is 10.2 Å². The van der Waals surface area contributed by atoms with E-state index in [0.29, 0.717) is 41.5 Å². The van der Waals surface area contributed by atoms with Gasteiger partial charge in [0, 0.05) is 11.1 Å². The number of carbonyl (C=O) groups is 1. The van der Waals surface area contributed by atoms with E-state index < -0.39 is 11.4 Å². The molecule has 3 aromatic carbocycles. The summed E-state index contributed by atoms with van der Waals surface area (Å²) < 4.78 is 5.88. The molecule has 0 saturated heterocycles. The molecular formula is C33H25N3O3. The largest absolute Gasteiger partial charge is 0.481 e. The molecule has 6 rings (SSSR count). The van der Waals surface area contributed by atoms with E-state index in [1.54, 1.807) is 0 Å².